The van der Waals surface area contributed by atoms with E-state index < -0.39 is 30.2 Å². The summed E-state index contributed by atoms with van der Waals surface area (Å²) in [6, 6.07) is 16.9. The molecule has 31 heavy (non-hydrogen) atoms. The summed E-state index contributed by atoms with van der Waals surface area (Å²) in [5.74, 6) is -1.44. The van der Waals surface area contributed by atoms with Crippen LogP contribution in [0, 0.1) is 0 Å². The van der Waals surface area contributed by atoms with Crippen molar-refractivity contribution in [3.8, 4) is 0 Å². The number of nitrogens with zero attached hydrogens (tertiary/aromatic N) is 1. The molecule has 0 saturated carbocycles. The van der Waals surface area contributed by atoms with E-state index in [1.54, 1.807) is 0 Å². The van der Waals surface area contributed by atoms with Crippen molar-refractivity contribution in [2.24, 2.45) is 5.73 Å². The maximum absolute atomic E-state index is 12.7. The molecule has 0 radical (unpaired) electrons. The van der Waals surface area contributed by atoms with E-state index in [2.05, 4.69) is 5.32 Å². The van der Waals surface area contributed by atoms with E-state index in [0.717, 1.165) is 11.1 Å². The van der Waals surface area contributed by atoms with Gasteiger partial charge in [0.05, 0.1) is 25.5 Å². The number of aliphatic hydroxyl groups is 1. The average Bonchev–Trinajstić information content (AvgIpc) is 2.83. The molecule has 2 aromatic carbocycles. The van der Waals surface area contributed by atoms with Gasteiger partial charge in [0.15, 0.2) is 6.04 Å². The van der Waals surface area contributed by atoms with E-state index in [1.165, 1.54) is 0 Å². The van der Waals surface area contributed by atoms with Gasteiger partial charge in [0.1, 0.15) is 6.61 Å². The van der Waals surface area contributed by atoms with Gasteiger partial charge in [-0.2, -0.15) is 0 Å². The van der Waals surface area contributed by atoms with Crippen molar-refractivity contribution in [2.75, 3.05) is 26.3 Å². The van der Waals surface area contributed by atoms with Crippen LogP contribution in [0.1, 0.15) is 23.7 Å². The maximum Gasteiger partial charge on any atom is 0.333 e. The predicted octanol–water partition coefficient (Wildman–Crippen LogP) is 0.955. The number of nitrogens with two attached hydrogens (primary N) is 1. The normalized spacial score (nSPS) is 17.4. The molecule has 1 aliphatic heterocycles. The van der Waals surface area contributed by atoms with Gasteiger partial charge in [0.25, 0.3) is 0 Å². The van der Waals surface area contributed by atoms with Gasteiger partial charge in [-0.25, -0.2) is 4.79 Å². The first-order chi connectivity index (χ1) is 15.0. The van der Waals surface area contributed by atoms with Crippen LogP contribution in [0.15, 0.2) is 60.7 Å². The second-order valence-electron chi connectivity index (χ2n) is 7.41. The highest BCUT2D eigenvalue weighted by Gasteiger charge is 2.30. The molecule has 1 saturated heterocycles. The van der Waals surface area contributed by atoms with E-state index >= 15 is 0 Å². The molecule has 1 fully saturated rings. The fourth-order valence-electron chi connectivity index (χ4n) is 3.39. The summed E-state index contributed by atoms with van der Waals surface area (Å²) in [5.41, 5.74) is 7.41. The maximum atomic E-state index is 12.7. The first-order valence-electron chi connectivity index (χ1n) is 10.4. The summed E-state index contributed by atoms with van der Waals surface area (Å²) in [5, 5.41) is 13.5. The molecule has 2 aromatic rings. The number of rotatable bonds is 9. The number of benzene rings is 2. The van der Waals surface area contributed by atoms with Crippen LogP contribution in [0.3, 0.4) is 0 Å². The second-order valence-corrected chi connectivity index (χ2v) is 7.41. The first-order valence-corrected chi connectivity index (χ1v) is 10.4. The number of esters is 1. The van der Waals surface area contributed by atoms with Gasteiger partial charge in [-0.15, -0.1) is 0 Å². The molecule has 8 heteroatoms. The van der Waals surface area contributed by atoms with Crippen molar-refractivity contribution in [3.63, 3.8) is 0 Å². The number of morpholine rings is 1. The molecule has 0 aliphatic carbocycles. The van der Waals surface area contributed by atoms with Crippen LogP contribution in [0.4, 0.5) is 0 Å². The third-order valence-corrected chi connectivity index (χ3v) is 5.19. The Balaban J connectivity index is 1.60. The number of nitrogens with one attached hydrogen (secondary N) is 1. The minimum atomic E-state index is -1.46. The van der Waals surface area contributed by atoms with Gasteiger partial charge in [-0.1, -0.05) is 60.7 Å². The van der Waals surface area contributed by atoms with Gasteiger partial charge in [0.2, 0.25) is 5.91 Å². The summed E-state index contributed by atoms with van der Waals surface area (Å²) >= 11 is 0. The highest BCUT2D eigenvalue weighted by Crippen LogP contribution is 2.20. The lowest BCUT2D eigenvalue weighted by Crippen LogP contribution is -2.57. The zero-order chi connectivity index (χ0) is 22.1. The Hall–Kier alpha value is -2.78. The van der Waals surface area contributed by atoms with E-state index in [4.69, 9.17) is 15.2 Å². The Morgan fingerprint density at radius 1 is 1.06 bits per heavy atom. The molecule has 0 spiro atoms. The third-order valence-electron chi connectivity index (χ3n) is 5.19. The van der Waals surface area contributed by atoms with Crippen LogP contribution in [0.25, 0.3) is 0 Å². The molecule has 0 bridgehead atoms. The Kier molecular flexibility index (Phi) is 8.54. The predicted molar refractivity (Wildman–Crippen MR) is 115 cm³/mol. The average molecular weight is 428 g/mol. The Morgan fingerprint density at radius 3 is 2.32 bits per heavy atom. The Bertz CT molecular complexity index is 828. The number of aliphatic hydroxyl groups excluding tert-OH is 1. The standard InChI is InChI=1S/C23H29N3O5/c24-21(23(29)31-16-17-7-3-1-4-8-17)22(28)25-20(26-11-13-30-14-12-26)15-19(27)18-9-5-2-6-10-18/h1-10,19-21,27H,11-16,24H2,(H,25,28). The summed E-state index contributed by atoms with van der Waals surface area (Å²) in [7, 11) is 0. The summed E-state index contributed by atoms with van der Waals surface area (Å²) < 4.78 is 10.6. The molecular formula is C23H29N3O5. The zero-order valence-corrected chi connectivity index (χ0v) is 17.4. The van der Waals surface area contributed by atoms with Crippen LogP contribution in [0.2, 0.25) is 0 Å². The van der Waals surface area contributed by atoms with Crippen molar-refractivity contribution in [1.29, 1.82) is 0 Å². The molecule has 1 heterocycles. The minimum absolute atomic E-state index is 0.0419. The summed E-state index contributed by atoms with van der Waals surface area (Å²) in [4.78, 5) is 27.0. The fourth-order valence-corrected chi connectivity index (χ4v) is 3.39. The van der Waals surface area contributed by atoms with Crippen LogP contribution >= 0.6 is 0 Å². The lowest BCUT2D eigenvalue weighted by molar-refractivity contribution is -0.150. The molecule has 4 N–H and O–H groups in total. The minimum Gasteiger partial charge on any atom is -0.459 e. The van der Waals surface area contributed by atoms with E-state index in [-0.39, 0.29) is 13.0 Å². The van der Waals surface area contributed by atoms with Gasteiger partial charge in [-0.3, -0.25) is 9.69 Å². The molecule has 1 aliphatic rings. The number of carbonyl (C=O) groups excluding carboxylic acids is 2. The van der Waals surface area contributed by atoms with Crippen LogP contribution < -0.4 is 11.1 Å². The van der Waals surface area contributed by atoms with Gasteiger partial charge < -0.3 is 25.6 Å². The number of hydrogen-bond acceptors (Lipinski definition) is 7. The van der Waals surface area contributed by atoms with E-state index in [1.807, 2.05) is 65.6 Å². The van der Waals surface area contributed by atoms with Crippen molar-refractivity contribution in [2.45, 2.75) is 31.3 Å². The highest BCUT2D eigenvalue weighted by molar-refractivity contribution is 6.01. The zero-order valence-electron chi connectivity index (χ0n) is 17.4. The largest absolute Gasteiger partial charge is 0.459 e. The number of ether oxygens (including phenoxy) is 2. The molecule has 3 rings (SSSR count). The first kappa shape index (κ1) is 22.9. The summed E-state index contributed by atoms with van der Waals surface area (Å²) in [6.07, 6.45) is -1.03. The van der Waals surface area contributed by atoms with E-state index in [0.29, 0.717) is 26.3 Å². The lowest BCUT2D eigenvalue weighted by atomic mass is 10.0. The van der Waals surface area contributed by atoms with Gasteiger partial charge in [-0.05, 0) is 11.1 Å². The third kappa shape index (κ3) is 6.86. The molecule has 8 nitrogen and oxygen atoms in total. The van der Waals surface area contributed by atoms with E-state index in [9.17, 15) is 14.7 Å². The topological polar surface area (TPSA) is 114 Å². The monoisotopic (exact) mass is 427 g/mol. The highest BCUT2D eigenvalue weighted by atomic mass is 16.5. The number of amides is 1. The van der Waals surface area contributed by atoms with Crippen LogP contribution in [0.5, 0.6) is 0 Å². The molecule has 1 amide bonds. The SMILES string of the molecule is NC(C(=O)NC(CC(O)c1ccccc1)N1CCOCC1)C(=O)OCc1ccccc1. The van der Waals surface area contributed by atoms with Crippen molar-refractivity contribution in [1.82, 2.24) is 10.2 Å². The van der Waals surface area contributed by atoms with Gasteiger partial charge in [0, 0.05) is 19.5 Å². The second kappa shape index (κ2) is 11.6. The molecule has 0 aromatic heterocycles. The Labute approximate surface area is 181 Å². The number of hydrogen-bond donors (Lipinski definition) is 3. The Morgan fingerprint density at radius 2 is 1.68 bits per heavy atom. The van der Waals surface area contributed by atoms with Crippen LogP contribution in [-0.4, -0.2) is 60.4 Å². The molecule has 166 valence electrons. The van der Waals surface area contributed by atoms with Crippen molar-refractivity contribution >= 4 is 11.9 Å². The lowest BCUT2D eigenvalue weighted by Gasteiger charge is -2.36. The smallest absolute Gasteiger partial charge is 0.333 e. The summed E-state index contributed by atoms with van der Waals surface area (Å²) in [6.45, 7) is 2.29. The molecular weight excluding hydrogens is 398 g/mol. The molecule has 3 unspecified atom stereocenters. The molecule has 3 atom stereocenters. The quantitative estimate of drug-likeness (QED) is 0.403. The fraction of sp³-hybridized carbons (Fsp3) is 0.391. The van der Waals surface area contributed by atoms with Crippen molar-refractivity contribution < 1.29 is 24.2 Å². The van der Waals surface area contributed by atoms with Crippen LogP contribution in [-0.2, 0) is 25.7 Å². The number of carbonyl (C=O) groups is 2. The van der Waals surface area contributed by atoms with Gasteiger partial charge >= 0.3 is 5.97 Å². The van der Waals surface area contributed by atoms with Crippen molar-refractivity contribution in [3.05, 3.63) is 71.8 Å².